The van der Waals surface area contributed by atoms with Crippen LogP contribution in [0.1, 0.15) is 27.7 Å². The van der Waals surface area contributed by atoms with E-state index in [1.54, 1.807) is 19.2 Å². The molecule has 1 aliphatic rings. The number of halogens is 1. The highest BCUT2D eigenvalue weighted by Gasteiger charge is 2.41. The van der Waals surface area contributed by atoms with E-state index in [0.29, 0.717) is 22.8 Å². The SMILES string of the molecule is COc1cc(C2c3c(oc4ccc(F)cc4c3=O)C(=O)N2C)cc(OC)c1OC. The van der Waals surface area contributed by atoms with Gasteiger partial charge in [0.2, 0.25) is 11.5 Å². The van der Waals surface area contributed by atoms with E-state index in [-0.39, 0.29) is 22.3 Å². The second-order valence-corrected chi connectivity index (χ2v) is 6.59. The van der Waals surface area contributed by atoms with Crippen LogP contribution in [0, 0.1) is 5.82 Å². The molecule has 0 radical (unpaired) electrons. The summed E-state index contributed by atoms with van der Waals surface area (Å²) in [6.07, 6.45) is 0. The Hall–Kier alpha value is -3.55. The largest absolute Gasteiger partial charge is 0.493 e. The Labute approximate surface area is 165 Å². The minimum absolute atomic E-state index is 0.0599. The molecule has 29 heavy (non-hydrogen) atoms. The molecule has 2 aromatic carbocycles. The Morgan fingerprint density at radius 3 is 2.24 bits per heavy atom. The van der Waals surface area contributed by atoms with Crippen molar-refractivity contribution in [1.29, 1.82) is 0 Å². The van der Waals surface area contributed by atoms with E-state index >= 15 is 0 Å². The highest BCUT2D eigenvalue weighted by Crippen LogP contribution is 2.44. The Kier molecular flexibility index (Phi) is 4.41. The number of benzene rings is 2. The Morgan fingerprint density at radius 1 is 1.00 bits per heavy atom. The highest BCUT2D eigenvalue weighted by molar-refractivity contribution is 5.98. The molecule has 1 amide bonds. The minimum Gasteiger partial charge on any atom is -0.493 e. The summed E-state index contributed by atoms with van der Waals surface area (Å²) >= 11 is 0. The van der Waals surface area contributed by atoms with Crippen molar-refractivity contribution in [3.63, 3.8) is 0 Å². The van der Waals surface area contributed by atoms with Gasteiger partial charge in [-0.1, -0.05) is 0 Å². The number of ether oxygens (including phenoxy) is 3. The van der Waals surface area contributed by atoms with Gasteiger partial charge in [0.1, 0.15) is 11.4 Å². The fourth-order valence-electron chi connectivity index (χ4n) is 3.71. The van der Waals surface area contributed by atoms with E-state index in [9.17, 15) is 14.0 Å². The normalized spacial score (nSPS) is 15.6. The van der Waals surface area contributed by atoms with Gasteiger partial charge in [0.25, 0.3) is 5.91 Å². The lowest BCUT2D eigenvalue weighted by molar-refractivity contribution is 0.0771. The van der Waals surface area contributed by atoms with Gasteiger partial charge in [-0.25, -0.2) is 4.39 Å². The van der Waals surface area contributed by atoms with Gasteiger partial charge in [0.15, 0.2) is 16.9 Å². The van der Waals surface area contributed by atoms with Gasteiger partial charge >= 0.3 is 0 Å². The lowest BCUT2D eigenvalue weighted by Gasteiger charge is -2.22. The maximum absolute atomic E-state index is 13.7. The number of carbonyl (C=O) groups excluding carboxylic acids is 1. The molecular formula is C21H18FNO6. The molecule has 1 aromatic heterocycles. The third-order valence-electron chi connectivity index (χ3n) is 5.07. The van der Waals surface area contributed by atoms with Crippen molar-refractivity contribution < 1.29 is 27.8 Å². The van der Waals surface area contributed by atoms with Crippen molar-refractivity contribution in [3.05, 3.63) is 63.3 Å². The monoisotopic (exact) mass is 399 g/mol. The number of rotatable bonds is 4. The number of hydrogen-bond donors (Lipinski definition) is 0. The van der Waals surface area contributed by atoms with Crippen LogP contribution in [-0.2, 0) is 0 Å². The van der Waals surface area contributed by atoms with Gasteiger partial charge < -0.3 is 23.5 Å². The molecule has 2 heterocycles. The first kappa shape index (κ1) is 18.8. The third kappa shape index (κ3) is 2.71. The standard InChI is InChI=1S/C21H18FNO6/c1-23-17(10-7-14(26-2)19(28-4)15(8-10)27-3)16-18(24)12-9-11(22)5-6-13(12)29-20(16)21(23)25/h5-9,17H,1-4H3. The van der Waals surface area contributed by atoms with Crippen LogP contribution in [0.4, 0.5) is 4.39 Å². The molecule has 0 spiro atoms. The zero-order valence-electron chi connectivity index (χ0n) is 16.2. The van der Waals surface area contributed by atoms with Gasteiger partial charge in [0.05, 0.1) is 38.3 Å². The van der Waals surface area contributed by atoms with Crippen LogP contribution < -0.4 is 19.6 Å². The zero-order valence-corrected chi connectivity index (χ0v) is 16.2. The molecule has 1 unspecified atom stereocenters. The summed E-state index contributed by atoms with van der Waals surface area (Å²) in [5.41, 5.74) is 0.404. The first-order valence-electron chi connectivity index (χ1n) is 8.74. The van der Waals surface area contributed by atoms with Crippen LogP contribution >= 0.6 is 0 Å². The smallest absolute Gasteiger partial charge is 0.290 e. The minimum atomic E-state index is -0.755. The van der Waals surface area contributed by atoms with Crippen LogP contribution in [0.5, 0.6) is 17.2 Å². The number of fused-ring (bicyclic) bond motifs is 2. The topological polar surface area (TPSA) is 78.2 Å². The van der Waals surface area contributed by atoms with Crippen LogP contribution in [0.3, 0.4) is 0 Å². The summed E-state index contributed by atoms with van der Waals surface area (Å²) < 4.78 is 35.5. The quantitative estimate of drug-likeness (QED) is 0.671. The fraction of sp³-hybridized carbons (Fsp3) is 0.238. The van der Waals surface area contributed by atoms with Crippen molar-refractivity contribution in [3.8, 4) is 17.2 Å². The maximum Gasteiger partial charge on any atom is 0.290 e. The summed E-state index contributed by atoms with van der Waals surface area (Å²) in [7, 11) is 6.00. The number of hydrogen-bond acceptors (Lipinski definition) is 6. The number of amides is 1. The number of carbonyl (C=O) groups is 1. The van der Waals surface area contributed by atoms with Crippen molar-refractivity contribution >= 4 is 16.9 Å². The summed E-state index contributed by atoms with van der Waals surface area (Å²) in [5.74, 6) is 0.0857. The molecule has 0 fully saturated rings. The Balaban J connectivity index is 2.01. The molecule has 0 bridgehead atoms. The molecule has 150 valence electrons. The molecule has 1 atom stereocenters. The number of methoxy groups -OCH3 is 3. The molecule has 3 aromatic rings. The van der Waals surface area contributed by atoms with Gasteiger partial charge in [0, 0.05) is 7.05 Å². The summed E-state index contributed by atoms with van der Waals surface area (Å²) in [6.45, 7) is 0. The highest BCUT2D eigenvalue weighted by atomic mass is 19.1. The summed E-state index contributed by atoms with van der Waals surface area (Å²) in [5, 5.41) is 0.0734. The van der Waals surface area contributed by atoms with Gasteiger partial charge in [-0.2, -0.15) is 0 Å². The molecule has 0 aliphatic carbocycles. The van der Waals surface area contributed by atoms with Crippen molar-refractivity contribution in [1.82, 2.24) is 4.90 Å². The van der Waals surface area contributed by atoms with E-state index in [0.717, 1.165) is 6.07 Å². The second-order valence-electron chi connectivity index (χ2n) is 6.59. The van der Waals surface area contributed by atoms with Crippen molar-refractivity contribution in [2.45, 2.75) is 6.04 Å². The second kappa shape index (κ2) is 6.80. The average molecular weight is 399 g/mol. The average Bonchev–Trinajstić information content (AvgIpc) is 2.98. The van der Waals surface area contributed by atoms with E-state index in [1.807, 2.05) is 0 Å². The molecule has 0 N–H and O–H groups in total. The van der Waals surface area contributed by atoms with E-state index < -0.39 is 23.2 Å². The lowest BCUT2D eigenvalue weighted by atomic mass is 9.98. The van der Waals surface area contributed by atoms with Crippen molar-refractivity contribution in [2.24, 2.45) is 0 Å². The molecule has 7 nitrogen and oxygen atoms in total. The van der Waals surface area contributed by atoms with Gasteiger partial charge in [-0.15, -0.1) is 0 Å². The van der Waals surface area contributed by atoms with Crippen LogP contribution in [0.2, 0.25) is 0 Å². The maximum atomic E-state index is 13.7. The van der Waals surface area contributed by atoms with E-state index in [1.165, 1.54) is 38.4 Å². The first-order chi connectivity index (χ1) is 13.9. The van der Waals surface area contributed by atoms with Crippen LogP contribution in [-0.4, -0.2) is 39.2 Å². The zero-order chi connectivity index (χ0) is 20.9. The molecule has 0 saturated carbocycles. The first-order valence-corrected chi connectivity index (χ1v) is 8.74. The van der Waals surface area contributed by atoms with Crippen LogP contribution in [0.15, 0.2) is 39.5 Å². The predicted octanol–water partition coefficient (Wildman–Crippen LogP) is 3.13. The molecule has 1 aliphatic heterocycles. The third-order valence-corrected chi connectivity index (χ3v) is 5.07. The molecule has 0 saturated heterocycles. The lowest BCUT2D eigenvalue weighted by Crippen LogP contribution is -2.25. The molecule has 4 rings (SSSR count). The van der Waals surface area contributed by atoms with Gasteiger partial charge in [-0.3, -0.25) is 9.59 Å². The van der Waals surface area contributed by atoms with Crippen molar-refractivity contribution in [2.75, 3.05) is 28.4 Å². The predicted molar refractivity (Wildman–Crippen MR) is 102 cm³/mol. The Bertz CT molecular complexity index is 1180. The Morgan fingerprint density at radius 2 is 1.66 bits per heavy atom. The van der Waals surface area contributed by atoms with E-state index in [2.05, 4.69) is 0 Å². The van der Waals surface area contributed by atoms with Crippen LogP contribution in [0.25, 0.3) is 11.0 Å². The number of nitrogens with zero attached hydrogens (tertiary/aromatic N) is 1. The van der Waals surface area contributed by atoms with Gasteiger partial charge in [-0.05, 0) is 35.9 Å². The summed E-state index contributed by atoms with van der Waals surface area (Å²) in [6, 6.07) is 6.20. The molecule has 8 heteroatoms. The van der Waals surface area contributed by atoms with E-state index in [4.69, 9.17) is 18.6 Å². The summed E-state index contributed by atoms with van der Waals surface area (Å²) in [4.78, 5) is 27.4. The molecular weight excluding hydrogens is 381 g/mol. The fourth-order valence-corrected chi connectivity index (χ4v) is 3.71.